The largest absolute Gasteiger partial charge is 0.425 e. The summed E-state index contributed by atoms with van der Waals surface area (Å²) in [6.07, 6.45) is 2.34. The summed E-state index contributed by atoms with van der Waals surface area (Å²) >= 11 is 0. The summed E-state index contributed by atoms with van der Waals surface area (Å²) < 4.78 is 5.43. The van der Waals surface area contributed by atoms with Gasteiger partial charge in [0.05, 0.1) is 5.92 Å². The Hall–Kier alpha value is -0.900. The van der Waals surface area contributed by atoms with E-state index in [1.54, 1.807) is 0 Å². The van der Waals surface area contributed by atoms with Crippen LogP contribution in [0.2, 0.25) is 0 Å². The maximum atomic E-state index is 5.43. The minimum atomic E-state index is 0.398. The fourth-order valence-electron chi connectivity index (χ4n) is 1.84. The van der Waals surface area contributed by atoms with Gasteiger partial charge in [-0.05, 0) is 26.3 Å². The van der Waals surface area contributed by atoms with Crippen LogP contribution < -0.4 is 5.32 Å². The number of aryl methyl sites for hydroxylation is 1. The monoisotopic (exact) mass is 181 g/mol. The van der Waals surface area contributed by atoms with Crippen molar-refractivity contribution in [3.05, 3.63) is 11.8 Å². The molecule has 2 heterocycles. The van der Waals surface area contributed by atoms with Crippen LogP contribution in [0.15, 0.2) is 4.42 Å². The number of aromatic nitrogens is 2. The SMILES string of the molecule is Cc1nnc(C2CCCNC2C)o1. The van der Waals surface area contributed by atoms with E-state index < -0.39 is 0 Å². The number of nitrogens with zero attached hydrogens (tertiary/aromatic N) is 2. The lowest BCUT2D eigenvalue weighted by atomic mass is 9.92. The van der Waals surface area contributed by atoms with Crippen LogP contribution in [0.25, 0.3) is 0 Å². The van der Waals surface area contributed by atoms with Crippen LogP contribution in [0.4, 0.5) is 0 Å². The van der Waals surface area contributed by atoms with Gasteiger partial charge in [-0.2, -0.15) is 0 Å². The highest BCUT2D eigenvalue weighted by atomic mass is 16.4. The maximum absolute atomic E-state index is 5.43. The van der Waals surface area contributed by atoms with Gasteiger partial charge < -0.3 is 9.73 Å². The van der Waals surface area contributed by atoms with Crippen LogP contribution in [0.5, 0.6) is 0 Å². The lowest BCUT2D eigenvalue weighted by molar-refractivity contribution is 0.312. The van der Waals surface area contributed by atoms with Crippen molar-refractivity contribution in [2.75, 3.05) is 6.54 Å². The third-order valence-electron chi connectivity index (χ3n) is 2.62. The Kier molecular flexibility index (Phi) is 2.31. The number of hydrogen-bond donors (Lipinski definition) is 1. The van der Waals surface area contributed by atoms with Crippen LogP contribution in [-0.4, -0.2) is 22.8 Å². The van der Waals surface area contributed by atoms with Gasteiger partial charge in [0.2, 0.25) is 11.8 Å². The fraction of sp³-hybridized carbons (Fsp3) is 0.778. The summed E-state index contributed by atoms with van der Waals surface area (Å²) in [6.45, 7) is 5.10. The minimum absolute atomic E-state index is 0.398. The predicted octanol–water partition coefficient (Wildman–Crippen LogP) is 1.23. The molecule has 0 aromatic carbocycles. The first-order chi connectivity index (χ1) is 6.27. The Morgan fingerprint density at radius 3 is 2.92 bits per heavy atom. The maximum Gasteiger partial charge on any atom is 0.221 e. The molecule has 2 atom stereocenters. The first-order valence-electron chi connectivity index (χ1n) is 4.81. The molecule has 0 bridgehead atoms. The van der Waals surface area contributed by atoms with Gasteiger partial charge in [-0.1, -0.05) is 0 Å². The van der Waals surface area contributed by atoms with Gasteiger partial charge in [0.1, 0.15) is 0 Å². The molecule has 2 rings (SSSR count). The standard InChI is InChI=1S/C9H15N3O/c1-6-8(4-3-5-10-6)9-12-11-7(2)13-9/h6,8,10H,3-5H2,1-2H3. The number of nitrogens with one attached hydrogen (secondary N) is 1. The van der Waals surface area contributed by atoms with Gasteiger partial charge in [0.25, 0.3) is 0 Å². The molecule has 0 saturated carbocycles. The summed E-state index contributed by atoms with van der Waals surface area (Å²) in [6, 6.07) is 0.452. The summed E-state index contributed by atoms with van der Waals surface area (Å²) in [4.78, 5) is 0. The molecule has 0 spiro atoms. The fourth-order valence-corrected chi connectivity index (χ4v) is 1.84. The average Bonchev–Trinajstić information content (AvgIpc) is 2.53. The van der Waals surface area contributed by atoms with E-state index in [1.807, 2.05) is 6.92 Å². The molecule has 0 aliphatic carbocycles. The van der Waals surface area contributed by atoms with E-state index in [-0.39, 0.29) is 0 Å². The van der Waals surface area contributed by atoms with Gasteiger partial charge >= 0.3 is 0 Å². The molecule has 2 unspecified atom stereocenters. The van der Waals surface area contributed by atoms with Gasteiger partial charge in [0, 0.05) is 13.0 Å². The van der Waals surface area contributed by atoms with Gasteiger partial charge in [0.15, 0.2) is 0 Å². The summed E-state index contributed by atoms with van der Waals surface area (Å²) in [5.41, 5.74) is 0. The van der Waals surface area contributed by atoms with Crippen LogP contribution in [0.1, 0.15) is 37.5 Å². The third kappa shape index (κ3) is 1.72. The topological polar surface area (TPSA) is 51.0 Å². The molecule has 1 aliphatic heterocycles. The molecule has 1 aliphatic rings. The van der Waals surface area contributed by atoms with Crippen molar-refractivity contribution in [1.82, 2.24) is 15.5 Å². The summed E-state index contributed by atoms with van der Waals surface area (Å²) in [5, 5.41) is 11.3. The second kappa shape index (κ2) is 3.46. The van der Waals surface area contributed by atoms with Crippen molar-refractivity contribution >= 4 is 0 Å². The molecule has 1 N–H and O–H groups in total. The normalized spacial score (nSPS) is 29.1. The highest BCUT2D eigenvalue weighted by Crippen LogP contribution is 2.26. The van der Waals surface area contributed by atoms with E-state index in [0.29, 0.717) is 17.9 Å². The van der Waals surface area contributed by atoms with Crippen LogP contribution in [0.3, 0.4) is 0 Å². The lowest BCUT2D eigenvalue weighted by Gasteiger charge is -2.26. The van der Waals surface area contributed by atoms with E-state index in [9.17, 15) is 0 Å². The third-order valence-corrected chi connectivity index (χ3v) is 2.62. The van der Waals surface area contributed by atoms with Crippen molar-refractivity contribution in [2.24, 2.45) is 0 Å². The molecular formula is C9H15N3O. The van der Waals surface area contributed by atoms with Crippen LogP contribution in [0, 0.1) is 6.92 Å². The molecule has 1 saturated heterocycles. The zero-order valence-electron chi connectivity index (χ0n) is 8.08. The van der Waals surface area contributed by atoms with E-state index in [0.717, 1.165) is 18.9 Å². The molecule has 1 aromatic heterocycles. The second-order valence-corrected chi connectivity index (χ2v) is 3.65. The molecule has 4 heteroatoms. The van der Waals surface area contributed by atoms with E-state index in [4.69, 9.17) is 4.42 Å². The van der Waals surface area contributed by atoms with Crippen molar-refractivity contribution < 1.29 is 4.42 Å². The Morgan fingerprint density at radius 2 is 2.31 bits per heavy atom. The molecule has 1 fully saturated rings. The molecule has 72 valence electrons. The number of piperidine rings is 1. The van der Waals surface area contributed by atoms with E-state index in [2.05, 4.69) is 22.4 Å². The summed E-state index contributed by atoms with van der Waals surface area (Å²) in [7, 11) is 0. The van der Waals surface area contributed by atoms with Crippen molar-refractivity contribution in [2.45, 2.75) is 38.6 Å². The lowest BCUT2D eigenvalue weighted by Crippen LogP contribution is -2.37. The number of rotatable bonds is 1. The zero-order valence-corrected chi connectivity index (χ0v) is 8.08. The Labute approximate surface area is 77.7 Å². The van der Waals surface area contributed by atoms with Gasteiger partial charge in [-0.3, -0.25) is 0 Å². The van der Waals surface area contributed by atoms with Crippen molar-refractivity contribution in [1.29, 1.82) is 0 Å². The average molecular weight is 181 g/mol. The smallest absolute Gasteiger partial charge is 0.221 e. The van der Waals surface area contributed by atoms with Crippen molar-refractivity contribution in [3.8, 4) is 0 Å². The molecule has 4 nitrogen and oxygen atoms in total. The molecule has 13 heavy (non-hydrogen) atoms. The van der Waals surface area contributed by atoms with Gasteiger partial charge in [-0.25, -0.2) is 0 Å². The van der Waals surface area contributed by atoms with Crippen LogP contribution >= 0.6 is 0 Å². The Morgan fingerprint density at radius 1 is 1.46 bits per heavy atom. The quantitative estimate of drug-likeness (QED) is 0.708. The Balaban J connectivity index is 2.14. The highest BCUT2D eigenvalue weighted by Gasteiger charge is 2.26. The number of hydrogen-bond acceptors (Lipinski definition) is 4. The highest BCUT2D eigenvalue weighted by molar-refractivity contribution is 4.98. The van der Waals surface area contributed by atoms with Gasteiger partial charge in [-0.15, -0.1) is 10.2 Å². The first-order valence-corrected chi connectivity index (χ1v) is 4.81. The molecule has 1 aromatic rings. The molecule has 0 radical (unpaired) electrons. The second-order valence-electron chi connectivity index (χ2n) is 3.65. The van der Waals surface area contributed by atoms with E-state index >= 15 is 0 Å². The summed E-state index contributed by atoms with van der Waals surface area (Å²) in [5.74, 6) is 1.85. The van der Waals surface area contributed by atoms with Crippen molar-refractivity contribution in [3.63, 3.8) is 0 Å². The van der Waals surface area contributed by atoms with E-state index in [1.165, 1.54) is 6.42 Å². The Bertz CT molecular complexity index is 284. The molecular weight excluding hydrogens is 166 g/mol. The zero-order chi connectivity index (χ0) is 9.26. The minimum Gasteiger partial charge on any atom is -0.425 e. The molecule has 0 amide bonds. The predicted molar refractivity (Wildman–Crippen MR) is 48.5 cm³/mol. The first kappa shape index (κ1) is 8.69. The van der Waals surface area contributed by atoms with Crippen LogP contribution in [-0.2, 0) is 0 Å².